The zero-order chi connectivity index (χ0) is 17.4. The maximum atomic E-state index is 5.92. The lowest BCUT2D eigenvalue weighted by atomic mass is 9.94. The standard InChI is InChI=1S/C8H16N2.C7H14N2.C4H9N/c1-10-5-7-3-2-4-9-8(7)6-10;1-9-4-6(8)7(5-9)2-3-7;1-4(5)2-3-4/h7-9H,2-6H2,1H3;6H,2-5,8H2,1H3;2-3,5H2,1H3/t;6-;/m.0./s1. The van der Waals surface area contributed by atoms with Crippen molar-refractivity contribution in [1.82, 2.24) is 15.1 Å². The van der Waals surface area contributed by atoms with Crippen LogP contribution in [0.15, 0.2) is 0 Å². The molecule has 0 bridgehead atoms. The van der Waals surface area contributed by atoms with Crippen molar-refractivity contribution in [2.24, 2.45) is 22.8 Å². The van der Waals surface area contributed by atoms with E-state index in [1.807, 2.05) is 0 Å². The molecule has 5 N–H and O–H groups in total. The first-order chi connectivity index (χ1) is 11.3. The normalized spacial score (nSPS) is 38.6. The van der Waals surface area contributed by atoms with Crippen LogP contribution in [0.5, 0.6) is 0 Å². The van der Waals surface area contributed by atoms with Gasteiger partial charge >= 0.3 is 0 Å². The molecule has 3 saturated heterocycles. The lowest BCUT2D eigenvalue weighted by Gasteiger charge is -2.24. The second-order valence-corrected chi connectivity index (χ2v) is 9.50. The summed E-state index contributed by atoms with van der Waals surface area (Å²) in [5.74, 6) is 0.957. The van der Waals surface area contributed by atoms with E-state index in [1.165, 1.54) is 64.7 Å². The van der Waals surface area contributed by atoms with Crippen LogP contribution in [-0.4, -0.2) is 74.2 Å². The highest BCUT2D eigenvalue weighted by molar-refractivity contribution is 5.07. The summed E-state index contributed by atoms with van der Waals surface area (Å²) >= 11 is 0. The van der Waals surface area contributed by atoms with Crippen LogP contribution in [0.2, 0.25) is 0 Å². The number of piperidine rings is 1. The molecule has 5 heteroatoms. The topological polar surface area (TPSA) is 70.5 Å². The van der Waals surface area contributed by atoms with E-state index in [9.17, 15) is 0 Å². The molecule has 1 spiro atoms. The summed E-state index contributed by atoms with van der Waals surface area (Å²) in [5, 5.41) is 3.57. The molecule has 0 radical (unpaired) electrons. The zero-order valence-corrected chi connectivity index (χ0v) is 16.1. The SMILES string of the molecule is CC1(N)CC1.CN1CC2CCCNC2C1.CN1C[C@H](N)C2(CC2)C1. The summed E-state index contributed by atoms with van der Waals surface area (Å²) in [4.78, 5) is 4.78. The van der Waals surface area contributed by atoms with Gasteiger partial charge in [-0.25, -0.2) is 0 Å². The molecule has 0 aromatic carbocycles. The molecule has 2 aliphatic carbocycles. The number of nitrogens with two attached hydrogens (primary N) is 2. The number of hydrogen-bond acceptors (Lipinski definition) is 5. The predicted molar refractivity (Wildman–Crippen MR) is 101 cm³/mol. The lowest BCUT2D eigenvalue weighted by molar-refractivity contribution is 0.338. The number of hydrogen-bond donors (Lipinski definition) is 3. The monoisotopic (exact) mass is 337 g/mol. The molecular weight excluding hydrogens is 298 g/mol. The Morgan fingerprint density at radius 1 is 1.00 bits per heavy atom. The summed E-state index contributed by atoms with van der Waals surface area (Å²) in [6.45, 7) is 8.26. The third-order valence-corrected chi connectivity index (χ3v) is 6.59. The average Bonchev–Trinajstić information content (AvgIpc) is 3.36. The fourth-order valence-corrected chi connectivity index (χ4v) is 4.40. The van der Waals surface area contributed by atoms with Crippen molar-refractivity contribution in [3.8, 4) is 0 Å². The van der Waals surface area contributed by atoms with Crippen LogP contribution in [0.4, 0.5) is 0 Å². The van der Waals surface area contributed by atoms with E-state index in [1.54, 1.807) is 0 Å². The van der Waals surface area contributed by atoms with Crippen molar-refractivity contribution < 1.29 is 0 Å². The highest BCUT2D eigenvalue weighted by Gasteiger charge is 2.52. The molecule has 2 saturated carbocycles. The minimum Gasteiger partial charge on any atom is -0.326 e. The lowest BCUT2D eigenvalue weighted by Crippen LogP contribution is -2.40. The maximum absolute atomic E-state index is 5.92. The Balaban J connectivity index is 0.000000112. The zero-order valence-electron chi connectivity index (χ0n) is 16.1. The largest absolute Gasteiger partial charge is 0.326 e. The molecule has 24 heavy (non-hydrogen) atoms. The van der Waals surface area contributed by atoms with E-state index >= 15 is 0 Å². The number of nitrogens with one attached hydrogen (secondary N) is 1. The molecule has 5 fully saturated rings. The first kappa shape index (κ1) is 18.6. The van der Waals surface area contributed by atoms with Crippen molar-refractivity contribution in [1.29, 1.82) is 0 Å². The Bertz CT molecular complexity index is 400. The van der Waals surface area contributed by atoms with Gasteiger partial charge in [-0.2, -0.15) is 0 Å². The van der Waals surface area contributed by atoms with Crippen molar-refractivity contribution in [3.05, 3.63) is 0 Å². The van der Waals surface area contributed by atoms with Crippen molar-refractivity contribution in [2.75, 3.05) is 46.8 Å². The van der Waals surface area contributed by atoms with Gasteiger partial charge in [0.05, 0.1) is 0 Å². The van der Waals surface area contributed by atoms with E-state index in [-0.39, 0.29) is 5.54 Å². The number of nitrogens with zero attached hydrogens (tertiary/aromatic N) is 2. The van der Waals surface area contributed by atoms with Crippen molar-refractivity contribution >= 4 is 0 Å². The molecule has 3 heterocycles. The van der Waals surface area contributed by atoms with Crippen molar-refractivity contribution in [3.63, 3.8) is 0 Å². The molecule has 0 aromatic heterocycles. The van der Waals surface area contributed by atoms with Crippen LogP contribution in [0.1, 0.15) is 45.4 Å². The Kier molecular flexibility index (Phi) is 5.57. The Morgan fingerprint density at radius 2 is 1.67 bits per heavy atom. The Labute approximate surface area is 148 Å². The van der Waals surface area contributed by atoms with Crippen LogP contribution in [0, 0.1) is 11.3 Å². The first-order valence-corrected chi connectivity index (χ1v) is 9.95. The van der Waals surface area contributed by atoms with Crippen LogP contribution in [0.25, 0.3) is 0 Å². The smallest absolute Gasteiger partial charge is 0.0237 e. The quantitative estimate of drug-likeness (QED) is 0.611. The summed E-state index contributed by atoms with van der Waals surface area (Å²) < 4.78 is 0. The molecule has 5 nitrogen and oxygen atoms in total. The Hall–Kier alpha value is -0.200. The molecule has 0 amide bonds. The van der Waals surface area contributed by atoms with Crippen LogP contribution in [-0.2, 0) is 0 Å². The van der Waals surface area contributed by atoms with Gasteiger partial charge in [-0.3, -0.25) is 0 Å². The predicted octanol–water partition coefficient (Wildman–Crippen LogP) is 0.837. The van der Waals surface area contributed by atoms with E-state index in [0.29, 0.717) is 11.5 Å². The van der Waals surface area contributed by atoms with Gasteiger partial charge in [0.25, 0.3) is 0 Å². The molecule has 3 aliphatic heterocycles. The summed E-state index contributed by atoms with van der Waals surface area (Å²) in [5.41, 5.74) is 12.2. The first-order valence-electron chi connectivity index (χ1n) is 9.95. The van der Waals surface area contributed by atoms with E-state index in [4.69, 9.17) is 11.5 Å². The molecule has 0 aromatic rings. The van der Waals surface area contributed by atoms with Gasteiger partial charge in [0.15, 0.2) is 0 Å². The van der Waals surface area contributed by atoms with Gasteiger partial charge in [0.1, 0.15) is 0 Å². The number of likely N-dealkylation sites (tertiary alicyclic amines) is 2. The van der Waals surface area contributed by atoms with Gasteiger partial charge in [-0.05, 0) is 77.4 Å². The fourth-order valence-electron chi connectivity index (χ4n) is 4.40. The number of fused-ring (bicyclic) bond motifs is 1. The minimum absolute atomic E-state index is 0.250. The second-order valence-electron chi connectivity index (χ2n) is 9.50. The van der Waals surface area contributed by atoms with Gasteiger partial charge < -0.3 is 26.6 Å². The summed E-state index contributed by atoms with van der Waals surface area (Å²) in [6, 6.07) is 1.29. The van der Waals surface area contributed by atoms with Gasteiger partial charge in [0, 0.05) is 43.8 Å². The van der Waals surface area contributed by atoms with Crippen molar-refractivity contribution in [2.45, 2.75) is 63.1 Å². The van der Waals surface area contributed by atoms with Gasteiger partial charge in [-0.1, -0.05) is 0 Å². The highest BCUT2D eigenvalue weighted by Crippen LogP contribution is 2.51. The van der Waals surface area contributed by atoms with Crippen LogP contribution < -0.4 is 16.8 Å². The Morgan fingerprint density at radius 3 is 2.08 bits per heavy atom. The third kappa shape index (κ3) is 4.92. The van der Waals surface area contributed by atoms with E-state index in [0.717, 1.165) is 18.5 Å². The summed E-state index contributed by atoms with van der Waals surface area (Å²) in [7, 11) is 4.38. The van der Waals surface area contributed by atoms with E-state index < -0.39 is 0 Å². The second kappa shape index (κ2) is 7.20. The average molecular weight is 338 g/mol. The maximum Gasteiger partial charge on any atom is 0.0237 e. The molecule has 2 unspecified atom stereocenters. The molecule has 5 rings (SSSR count). The highest BCUT2D eigenvalue weighted by atomic mass is 15.2. The number of rotatable bonds is 0. The van der Waals surface area contributed by atoms with Gasteiger partial charge in [-0.15, -0.1) is 0 Å². The third-order valence-electron chi connectivity index (χ3n) is 6.59. The van der Waals surface area contributed by atoms with Gasteiger partial charge in [0.2, 0.25) is 0 Å². The van der Waals surface area contributed by atoms with Crippen LogP contribution >= 0.6 is 0 Å². The molecule has 140 valence electrons. The minimum atomic E-state index is 0.250. The molecule has 5 aliphatic rings. The van der Waals surface area contributed by atoms with Crippen LogP contribution in [0.3, 0.4) is 0 Å². The fraction of sp³-hybridized carbons (Fsp3) is 1.00. The van der Waals surface area contributed by atoms with E-state index in [2.05, 4.69) is 36.1 Å². The number of likely N-dealkylation sites (N-methyl/N-ethyl adjacent to an activating group) is 2. The summed E-state index contributed by atoms with van der Waals surface area (Å²) in [6.07, 6.45) is 8.04. The molecule has 3 atom stereocenters. The molecular formula is C19H39N5.